The summed E-state index contributed by atoms with van der Waals surface area (Å²) in [5, 5.41) is 2.42. The number of hydrogen-bond acceptors (Lipinski definition) is 1. The fraction of sp³-hybridized carbons (Fsp3) is 0.0357. The van der Waals surface area contributed by atoms with Crippen LogP contribution in [0.4, 0.5) is 0 Å². The Morgan fingerprint density at radius 1 is 0.317 bits per heavy atom. The molecule has 9 aromatic carbocycles. The van der Waals surface area contributed by atoms with Crippen molar-refractivity contribution < 1.29 is 0 Å². The van der Waals surface area contributed by atoms with Gasteiger partial charge in [-0.1, -0.05) is 191 Å². The molecule has 2 unspecified atom stereocenters. The van der Waals surface area contributed by atoms with Crippen LogP contribution in [0.1, 0.15) is 45.2 Å². The molecule has 7 heteroatoms. The lowest BCUT2D eigenvalue weighted by molar-refractivity contribution is 1.02. The van der Waals surface area contributed by atoms with Gasteiger partial charge in [-0.15, -0.1) is 11.3 Å². The maximum absolute atomic E-state index is 7.60. The second-order valence-corrected chi connectivity index (χ2v) is 17.8. The van der Waals surface area contributed by atoms with Crippen molar-refractivity contribution in [1.29, 1.82) is 0 Å². The summed E-state index contributed by atoms with van der Waals surface area (Å²) in [5.74, 6) is -0.462. The van der Waals surface area contributed by atoms with E-state index in [-0.39, 0.29) is 11.8 Å². The van der Waals surface area contributed by atoms with Gasteiger partial charge in [-0.2, -0.15) is 0 Å². The molecule has 0 nitrogen and oxygen atoms in total. The van der Waals surface area contributed by atoms with Crippen molar-refractivity contribution in [3.63, 3.8) is 0 Å². The van der Waals surface area contributed by atoms with Crippen molar-refractivity contribution in [2.75, 3.05) is 0 Å². The number of rotatable bonds is 5. The predicted molar refractivity (Wildman–Crippen MR) is 274 cm³/mol. The Labute approximate surface area is 379 Å². The van der Waals surface area contributed by atoms with E-state index >= 15 is 0 Å². The van der Waals surface area contributed by atoms with Crippen LogP contribution in [0.2, 0.25) is 0 Å². The molecule has 0 aliphatic heterocycles. The second kappa shape index (κ2) is 14.6. The summed E-state index contributed by atoms with van der Waals surface area (Å²) in [6.07, 6.45) is 0. The summed E-state index contributed by atoms with van der Waals surface area (Å²) in [5.41, 5.74) is 17.7. The molecule has 1 aromatic heterocycles. The normalized spacial score (nSPS) is 14.7. The summed E-state index contributed by atoms with van der Waals surface area (Å²) >= 11 is 1.79. The molecule has 0 N–H and O–H groups in total. The highest BCUT2D eigenvalue weighted by molar-refractivity contribution is 7.25. The molecule has 2 atom stereocenters. The Morgan fingerprint density at radius 3 is 1.57 bits per heavy atom. The van der Waals surface area contributed by atoms with Gasteiger partial charge < -0.3 is 0 Å². The van der Waals surface area contributed by atoms with E-state index < -0.39 is 0 Å². The maximum Gasteiger partial charge on any atom is 0.115 e. The van der Waals surface area contributed by atoms with E-state index in [0.29, 0.717) is 43.9 Å². The molecule has 12 rings (SSSR count). The van der Waals surface area contributed by atoms with Gasteiger partial charge in [0.1, 0.15) is 47.1 Å². The third kappa shape index (κ3) is 5.55. The molecule has 12 radical (unpaired) electrons. The van der Waals surface area contributed by atoms with Gasteiger partial charge in [0.2, 0.25) is 0 Å². The zero-order valence-corrected chi connectivity index (χ0v) is 35.0. The largest absolute Gasteiger partial charge is 0.135 e. The Hall–Kier alpha value is -6.41. The van der Waals surface area contributed by atoms with Crippen molar-refractivity contribution in [3.05, 3.63) is 203 Å². The molecule has 1 heterocycles. The molecule has 63 heavy (non-hydrogen) atoms. The fourth-order valence-corrected chi connectivity index (χ4v) is 11.9. The fourth-order valence-electron chi connectivity index (χ4n) is 10.8. The quantitative estimate of drug-likeness (QED) is 0.154. The van der Waals surface area contributed by atoms with Crippen LogP contribution in [0.3, 0.4) is 0 Å². The van der Waals surface area contributed by atoms with Gasteiger partial charge in [-0.25, -0.2) is 0 Å². The van der Waals surface area contributed by atoms with Crippen LogP contribution in [0.15, 0.2) is 170 Å². The molecule has 10 aromatic rings. The highest BCUT2D eigenvalue weighted by Gasteiger charge is 2.39. The molecule has 0 saturated heterocycles. The highest BCUT2D eigenvalue weighted by atomic mass is 32.1. The van der Waals surface area contributed by atoms with Gasteiger partial charge >= 0.3 is 0 Å². The average molecular weight is 800 g/mol. The van der Waals surface area contributed by atoms with Crippen LogP contribution in [0.25, 0.3) is 75.8 Å². The molecule has 0 saturated carbocycles. The van der Waals surface area contributed by atoms with Crippen molar-refractivity contribution in [1.82, 2.24) is 0 Å². The molecule has 0 amide bonds. The van der Waals surface area contributed by atoms with E-state index in [9.17, 15) is 0 Å². The van der Waals surface area contributed by atoms with E-state index in [1.807, 2.05) is 18.2 Å². The van der Waals surface area contributed by atoms with Crippen LogP contribution in [-0.2, 0) is 0 Å². The van der Waals surface area contributed by atoms with Crippen LogP contribution < -0.4 is 32.8 Å². The molecule has 0 fully saturated rings. The SMILES string of the molecule is [B]c1c([B])c2c(c([B])c1-c1c([B])c([B])c3c(c1[B])-c1ccccc1C3c1cccc3sc4ccccc4c13)-c1c(-c3ccccc3)cccc1C2c1ccc(-c2ccccc2)cc1. The zero-order chi connectivity index (χ0) is 42.7. The lowest BCUT2D eigenvalue weighted by atomic mass is 9.60. The second-order valence-electron chi connectivity index (χ2n) is 16.7. The van der Waals surface area contributed by atoms with Crippen LogP contribution in [0, 0.1) is 0 Å². The molecular weight excluding hydrogens is 770 g/mol. The third-order valence-corrected chi connectivity index (χ3v) is 14.7. The monoisotopic (exact) mass is 800 g/mol. The summed E-state index contributed by atoms with van der Waals surface area (Å²) in [7, 11) is 44.5. The van der Waals surface area contributed by atoms with Gasteiger partial charge in [-0.05, 0) is 101 Å². The van der Waals surface area contributed by atoms with E-state index in [4.69, 9.17) is 47.1 Å². The average Bonchev–Trinajstić information content (AvgIpc) is 4.01. The van der Waals surface area contributed by atoms with Gasteiger partial charge in [0.15, 0.2) is 0 Å². The first kappa shape index (κ1) is 38.3. The number of thiophene rings is 1. The van der Waals surface area contributed by atoms with Crippen LogP contribution in [0.5, 0.6) is 0 Å². The van der Waals surface area contributed by atoms with Gasteiger partial charge in [0.05, 0.1) is 0 Å². The van der Waals surface area contributed by atoms with E-state index in [0.717, 1.165) is 77.9 Å². The first-order valence-electron chi connectivity index (χ1n) is 21.2. The number of hydrogen-bond donors (Lipinski definition) is 0. The summed E-state index contributed by atoms with van der Waals surface area (Å²) in [6, 6.07) is 59.4. The van der Waals surface area contributed by atoms with Crippen molar-refractivity contribution in [2.45, 2.75) is 11.8 Å². The molecule has 2 aliphatic rings. The Bertz CT molecular complexity index is 3520. The Kier molecular flexibility index (Phi) is 8.86. The topological polar surface area (TPSA) is 0 Å². The standard InChI is InChI=1S/C56H30B6S/c57-51-45-35-18-8-7-17-34(35)44(38-22-12-24-40-42(38)36-19-9-10-23-39(36)63-40)47(45)54(60)55(61)49(51)50-52(58)48-43-33(31-15-5-2-6-16-31)20-11-21-37(43)41(46(48)53(59)56(50)62)32-27-25-30(26-28-32)29-13-3-1-4-14-29/h1-28,41,44H. The van der Waals surface area contributed by atoms with E-state index in [1.165, 1.54) is 20.2 Å². The minimum Gasteiger partial charge on any atom is -0.135 e. The zero-order valence-electron chi connectivity index (χ0n) is 34.2. The number of benzene rings is 9. The van der Waals surface area contributed by atoms with Crippen LogP contribution in [-0.4, -0.2) is 47.1 Å². The molecule has 0 bridgehead atoms. The van der Waals surface area contributed by atoms with Gasteiger partial charge in [0, 0.05) is 32.0 Å². The molecule has 278 valence electrons. The van der Waals surface area contributed by atoms with Crippen molar-refractivity contribution in [2.24, 2.45) is 0 Å². The lowest BCUT2D eigenvalue weighted by Crippen LogP contribution is -2.44. The summed E-state index contributed by atoms with van der Waals surface area (Å²) in [6.45, 7) is 0. The Balaban J connectivity index is 1.11. The minimum absolute atomic E-state index is 0.217. The first-order valence-corrected chi connectivity index (χ1v) is 22.0. The van der Waals surface area contributed by atoms with Crippen molar-refractivity contribution >= 4 is 111 Å². The van der Waals surface area contributed by atoms with E-state index in [1.54, 1.807) is 11.3 Å². The summed E-state index contributed by atoms with van der Waals surface area (Å²) in [4.78, 5) is 0. The first-order chi connectivity index (χ1) is 30.8. The molecule has 0 spiro atoms. The van der Waals surface area contributed by atoms with E-state index in [2.05, 4.69) is 152 Å². The molecular formula is C56H30B6S. The highest BCUT2D eigenvalue weighted by Crippen LogP contribution is 2.52. The predicted octanol–water partition coefficient (Wildman–Crippen LogP) is 8.14. The number of fused-ring (bicyclic) bond motifs is 9. The van der Waals surface area contributed by atoms with Gasteiger partial charge in [-0.3, -0.25) is 0 Å². The minimum atomic E-state index is -0.245. The molecule has 2 aliphatic carbocycles. The van der Waals surface area contributed by atoms with Gasteiger partial charge in [0.25, 0.3) is 0 Å². The maximum atomic E-state index is 7.60. The van der Waals surface area contributed by atoms with Crippen LogP contribution >= 0.6 is 11.3 Å². The smallest absolute Gasteiger partial charge is 0.115 e. The summed E-state index contributed by atoms with van der Waals surface area (Å²) < 4.78 is 2.45. The Morgan fingerprint density at radius 2 is 0.841 bits per heavy atom. The van der Waals surface area contributed by atoms with Crippen molar-refractivity contribution in [3.8, 4) is 55.6 Å². The lowest BCUT2D eigenvalue weighted by Gasteiger charge is -2.29. The third-order valence-electron chi connectivity index (χ3n) is 13.5.